The Morgan fingerprint density at radius 2 is 2.40 bits per heavy atom. The van der Waals surface area contributed by atoms with Crippen molar-refractivity contribution in [3.8, 4) is 10.8 Å². The molecule has 0 aliphatic heterocycles. The number of furan rings is 1. The van der Waals surface area contributed by atoms with Crippen molar-refractivity contribution in [1.29, 1.82) is 0 Å². The van der Waals surface area contributed by atoms with Gasteiger partial charge >= 0.3 is 5.97 Å². The van der Waals surface area contributed by atoms with E-state index >= 15 is 0 Å². The van der Waals surface area contributed by atoms with Gasteiger partial charge in [-0.2, -0.15) is 0 Å². The lowest BCUT2D eigenvalue weighted by molar-refractivity contribution is 0.0595. The predicted octanol–water partition coefficient (Wildman–Crippen LogP) is 2.95. The van der Waals surface area contributed by atoms with Gasteiger partial charge in [-0.25, -0.2) is 9.78 Å². The quantitative estimate of drug-likeness (QED) is 0.797. The molecule has 6 heteroatoms. The Balaban J connectivity index is 2.31. The molecule has 78 valence electrons. The lowest BCUT2D eigenvalue weighted by Gasteiger charge is -1.91. The maximum Gasteiger partial charge on any atom is 0.357 e. The van der Waals surface area contributed by atoms with Crippen LogP contribution in [0.5, 0.6) is 0 Å². The normalized spacial score (nSPS) is 10.3. The van der Waals surface area contributed by atoms with E-state index in [1.807, 2.05) is 0 Å². The van der Waals surface area contributed by atoms with Gasteiger partial charge in [0.25, 0.3) is 0 Å². The van der Waals surface area contributed by atoms with Gasteiger partial charge in [0.05, 0.1) is 7.11 Å². The van der Waals surface area contributed by atoms with E-state index in [1.54, 1.807) is 17.5 Å². The fraction of sp³-hybridized carbons (Fsp3) is 0.111. The zero-order chi connectivity index (χ0) is 10.8. The van der Waals surface area contributed by atoms with E-state index < -0.39 is 5.97 Å². The molecule has 0 fully saturated rings. The van der Waals surface area contributed by atoms with Crippen LogP contribution < -0.4 is 0 Å². The first-order valence-electron chi connectivity index (χ1n) is 4.00. The molecular formula is C9H6BrNO3S. The third-order valence-corrected chi connectivity index (χ3v) is 2.97. The van der Waals surface area contributed by atoms with Crippen molar-refractivity contribution < 1.29 is 13.9 Å². The molecule has 15 heavy (non-hydrogen) atoms. The van der Waals surface area contributed by atoms with Crippen LogP contribution in [-0.2, 0) is 4.74 Å². The molecule has 0 atom stereocenters. The average Bonchev–Trinajstić information content (AvgIpc) is 2.84. The van der Waals surface area contributed by atoms with E-state index in [4.69, 9.17) is 4.42 Å². The van der Waals surface area contributed by atoms with Crippen LogP contribution >= 0.6 is 27.3 Å². The number of esters is 1. The summed E-state index contributed by atoms with van der Waals surface area (Å²) in [5, 5.41) is 2.29. The summed E-state index contributed by atoms with van der Waals surface area (Å²) in [7, 11) is 1.32. The number of hydrogen-bond donors (Lipinski definition) is 0. The summed E-state index contributed by atoms with van der Waals surface area (Å²) < 4.78 is 10.5. The first-order valence-corrected chi connectivity index (χ1v) is 5.67. The summed E-state index contributed by atoms with van der Waals surface area (Å²) in [5.74, 6) is 0.185. The summed E-state index contributed by atoms with van der Waals surface area (Å²) in [6.07, 6.45) is 0. The van der Waals surface area contributed by atoms with Crippen LogP contribution in [0, 0.1) is 0 Å². The highest BCUT2D eigenvalue weighted by Crippen LogP contribution is 2.27. The standard InChI is InChI=1S/C9H6BrNO3S/c1-13-9(12)5-4-15-8(11-5)6-2-3-7(10)14-6/h2-4H,1H3. The zero-order valence-electron chi connectivity index (χ0n) is 7.69. The van der Waals surface area contributed by atoms with Crippen molar-refractivity contribution in [3.63, 3.8) is 0 Å². The topological polar surface area (TPSA) is 52.3 Å². The number of halogens is 1. The molecule has 0 spiro atoms. The summed E-state index contributed by atoms with van der Waals surface area (Å²) in [6.45, 7) is 0. The third-order valence-electron chi connectivity index (χ3n) is 1.68. The molecule has 0 N–H and O–H groups in total. The minimum absolute atomic E-state index is 0.296. The lowest BCUT2D eigenvalue weighted by Crippen LogP contribution is -2.00. The van der Waals surface area contributed by atoms with Gasteiger partial charge in [-0.05, 0) is 28.1 Å². The molecule has 0 saturated carbocycles. The van der Waals surface area contributed by atoms with Gasteiger partial charge < -0.3 is 9.15 Å². The number of aromatic nitrogens is 1. The maximum atomic E-state index is 11.1. The molecule has 4 nitrogen and oxygen atoms in total. The SMILES string of the molecule is COC(=O)c1csc(-c2ccc(Br)o2)n1. The predicted molar refractivity (Wildman–Crippen MR) is 58.9 cm³/mol. The Kier molecular flexibility index (Phi) is 2.88. The van der Waals surface area contributed by atoms with E-state index in [-0.39, 0.29) is 0 Å². The second kappa shape index (κ2) is 4.16. The molecule has 0 aliphatic rings. The second-order valence-electron chi connectivity index (χ2n) is 2.63. The molecule has 0 aromatic carbocycles. The Bertz CT molecular complexity index is 491. The van der Waals surface area contributed by atoms with Crippen LogP contribution in [0.2, 0.25) is 0 Å². The largest absolute Gasteiger partial charge is 0.464 e. The number of nitrogens with zero attached hydrogens (tertiary/aromatic N) is 1. The highest BCUT2D eigenvalue weighted by atomic mass is 79.9. The van der Waals surface area contributed by atoms with E-state index in [2.05, 4.69) is 25.7 Å². The Hall–Kier alpha value is -1.14. The van der Waals surface area contributed by atoms with Crippen molar-refractivity contribution in [2.75, 3.05) is 7.11 Å². The first-order chi connectivity index (χ1) is 7.20. The molecule has 2 aromatic heterocycles. The zero-order valence-corrected chi connectivity index (χ0v) is 10.1. The summed E-state index contributed by atoms with van der Waals surface area (Å²) >= 11 is 4.53. The van der Waals surface area contributed by atoms with Crippen LogP contribution in [0.4, 0.5) is 0 Å². The van der Waals surface area contributed by atoms with Gasteiger partial charge in [0, 0.05) is 5.38 Å². The van der Waals surface area contributed by atoms with Crippen LogP contribution in [-0.4, -0.2) is 18.1 Å². The first kappa shape index (κ1) is 10.4. The van der Waals surface area contributed by atoms with Crippen LogP contribution in [0.15, 0.2) is 26.6 Å². The monoisotopic (exact) mass is 287 g/mol. The van der Waals surface area contributed by atoms with Gasteiger partial charge in [0.15, 0.2) is 21.1 Å². The number of hydrogen-bond acceptors (Lipinski definition) is 5. The van der Waals surface area contributed by atoms with Crippen molar-refractivity contribution in [2.45, 2.75) is 0 Å². The number of ether oxygens (including phenoxy) is 1. The maximum absolute atomic E-state index is 11.1. The smallest absolute Gasteiger partial charge is 0.357 e. The highest BCUT2D eigenvalue weighted by Gasteiger charge is 2.13. The number of rotatable bonds is 2. The Morgan fingerprint density at radius 3 is 3.00 bits per heavy atom. The van der Waals surface area contributed by atoms with Gasteiger partial charge in [0.1, 0.15) is 0 Å². The Labute approximate surface area is 98.0 Å². The number of methoxy groups -OCH3 is 1. The van der Waals surface area contributed by atoms with Crippen molar-refractivity contribution in [2.24, 2.45) is 0 Å². The molecule has 2 rings (SSSR count). The number of carbonyl (C=O) groups is 1. The highest BCUT2D eigenvalue weighted by molar-refractivity contribution is 9.10. The number of thiazole rings is 1. The van der Waals surface area contributed by atoms with Gasteiger partial charge in [-0.3, -0.25) is 0 Å². The second-order valence-corrected chi connectivity index (χ2v) is 4.27. The van der Waals surface area contributed by atoms with E-state index in [9.17, 15) is 4.79 Å². The van der Waals surface area contributed by atoms with E-state index in [1.165, 1.54) is 18.4 Å². The minimum atomic E-state index is -0.442. The van der Waals surface area contributed by atoms with Gasteiger partial charge in [0.2, 0.25) is 0 Å². The summed E-state index contributed by atoms with van der Waals surface area (Å²) in [6, 6.07) is 3.55. The molecule has 2 heterocycles. The van der Waals surface area contributed by atoms with E-state index in [0.29, 0.717) is 21.1 Å². The molecule has 0 bridgehead atoms. The third kappa shape index (κ3) is 2.10. The summed E-state index contributed by atoms with van der Waals surface area (Å²) in [5.41, 5.74) is 0.296. The van der Waals surface area contributed by atoms with Gasteiger partial charge in [-0.15, -0.1) is 11.3 Å². The average molecular weight is 288 g/mol. The molecule has 0 saturated heterocycles. The Morgan fingerprint density at radius 1 is 1.60 bits per heavy atom. The van der Waals surface area contributed by atoms with Gasteiger partial charge in [-0.1, -0.05) is 0 Å². The molecule has 0 unspecified atom stereocenters. The minimum Gasteiger partial charge on any atom is -0.464 e. The summed E-state index contributed by atoms with van der Waals surface area (Å²) in [4.78, 5) is 15.2. The molecule has 0 aliphatic carbocycles. The van der Waals surface area contributed by atoms with Crippen LogP contribution in [0.1, 0.15) is 10.5 Å². The van der Waals surface area contributed by atoms with Crippen LogP contribution in [0.25, 0.3) is 10.8 Å². The number of carbonyl (C=O) groups excluding carboxylic acids is 1. The van der Waals surface area contributed by atoms with Crippen molar-refractivity contribution >= 4 is 33.2 Å². The molecular weight excluding hydrogens is 282 g/mol. The lowest BCUT2D eigenvalue weighted by atomic mass is 10.4. The molecule has 0 radical (unpaired) electrons. The van der Waals surface area contributed by atoms with Crippen LogP contribution in [0.3, 0.4) is 0 Å². The molecule has 2 aromatic rings. The fourth-order valence-corrected chi connectivity index (χ4v) is 2.07. The van der Waals surface area contributed by atoms with E-state index in [0.717, 1.165) is 0 Å². The van der Waals surface area contributed by atoms with Crippen molar-refractivity contribution in [1.82, 2.24) is 4.98 Å². The fourth-order valence-electron chi connectivity index (χ4n) is 1.01. The molecule has 0 amide bonds. The van der Waals surface area contributed by atoms with Crippen molar-refractivity contribution in [3.05, 3.63) is 27.9 Å².